The lowest BCUT2D eigenvalue weighted by Crippen LogP contribution is -2.26. The molecule has 0 saturated heterocycles. The minimum Gasteiger partial charge on any atom is -0.486 e. The lowest BCUT2D eigenvalue weighted by Gasteiger charge is -2.21. The van der Waals surface area contributed by atoms with Gasteiger partial charge in [0.1, 0.15) is 18.7 Å². The second-order valence-corrected chi connectivity index (χ2v) is 8.26. The standard InChI is InChI=1S/C25H24N4O4/c1-14-4-5-18(10-15(14)2)23-27-25(31)20-11-19(13-29(20)28-23)24(30)26-16(3)17-6-7-21-22(12-17)33-9-8-32-21/h4-7,10-13,16H,8-9H2,1-3H3,(H,26,30)(H,27,28,31). The molecule has 8 heteroatoms. The molecule has 2 aromatic heterocycles. The average Bonchev–Trinajstić information content (AvgIpc) is 3.25. The first-order chi connectivity index (χ1) is 15.9. The number of rotatable bonds is 4. The molecule has 0 fully saturated rings. The van der Waals surface area contributed by atoms with Gasteiger partial charge in [0.05, 0.1) is 11.6 Å². The van der Waals surface area contributed by atoms with Crippen LogP contribution >= 0.6 is 0 Å². The molecule has 0 saturated carbocycles. The van der Waals surface area contributed by atoms with Crippen molar-refractivity contribution in [3.05, 3.63) is 81.3 Å². The number of hydrogen-bond donors (Lipinski definition) is 2. The Morgan fingerprint density at radius 3 is 2.64 bits per heavy atom. The van der Waals surface area contributed by atoms with Crippen molar-refractivity contribution in [1.29, 1.82) is 0 Å². The number of hydrogen-bond acceptors (Lipinski definition) is 5. The maximum atomic E-state index is 12.9. The number of carbonyl (C=O) groups excluding carboxylic acids is 1. The number of carbonyl (C=O) groups is 1. The van der Waals surface area contributed by atoms with Crippen molar-refractivity contribution in [2.75, 3.05) is 13.2 Å². The zero-order valence-electron chi connectivity index (χ0n) is 18.6. The van der Waals surface area contributed by atoms with Crippen LogP contribution in [0.5, 0.6) is 11.5 Å². The van der Waals surface area contributed by atoms with Crippen LogP contribution in [0, 0.1) is 13.8 Å². The Labute approximate surface area is 190 Å². The van der Waals surface area contributed by atoms with Crippen LogP contribution in [0.2, 0.25) is 0 Å². The molecule has 3 heterocycles. The molecule has 33 heavy (non-hydrogen) atoms. The summed E-state index contributed by atoms with van der Waals surface area (Å²) in [5.74, 6) is 1.52. The molecule has 5 rings (SSSR count). The van der Waals surface area contributed by atoms with Gasteiger partial charge in [-0.15, -0.1) is 5.10 Å². The summed E-state index contributed by atoms with van der Waals surface area (Å²) >= 11 is 0. The second kappa shape index (κ2) is 8.12. The van der Waals surface area contributed by atoms with E-state index in [9.17, 15) is 9.59 Å². The Morgan fingerprint density at radius 2 is 1.85 bits per heavy atom. The van der Waals surface area contributed by atoms with Crippen molar-refractivity contribution in [3.8, 4) is 22.9 Å². The number of aromatic nitrogens is 3. The Bertz CT molecular complexity index is 1440. The first-order valence-electron chi connectivity index (χ1n) is 10.8. The van der Waals surface area contributed by atoms with Gasteiger partial charge >= 0.3 is 0 Å². The highest BCUT2D eigenvalue weighted by atomic mass is 16.6. The van der Waals surface area contributed by atoms with E-state index in [0.717, 1.165) is 22.3 Å². The molecule has 1 amide bonds. The molecule has 1 unspecified atom stereocenters. The molecule has 1 aliphatic rings. The summed E-state index contributed by atoms with van der Waals surface area (Å²) in [6.07, 6.45) is 1.57. The predicted molar refractivity (Wildman–Crippen MR) is 124 cm³/mol. The van der Waals surface area contributed by atoms with Crippen molar-refractivity contribution in [2.24, 2.45) is 0 Å². The molecule has 1 atom stereocenters. The SMILES string of the molecule is Cc1ccc(-c2nn3cc(C(=O)NC(C)c4ccc5c(c4)OCCO5)cc3c(=O)[nH]2)cc1C. The van der Waals surface area contributed by atoms with Gasteiger partial charge in [-0.3, -0.25) is 9.59 Å². The highest BCUT2D eigenvalue weighted by Crippen LogP contribution is 2.32. The summed E-state index contributed by atoms with van der Waals surface area (Å²) in [4.78, 5) is 28.4. The van der Waals surface area contributed by atoms with Crippen LogP contribution < -0.4 is 20.3 Å². The third kappa shape index (κ3) is 3.95. The Balaban J connectivity index is 1.40. The average molecular weight is 444 g/mol. The third-order valence-electron chi connectivity index (χ3n) is 5.93. The van der Waals surface area contributed by atoms with Gasteiger partial charge in [-0.05, 0) is 61.7 Å². The number of aromatic amines is 1. The van der Waals surface area contributed by atoms with Gasteiger partial charge in [-0.2, -0.15) is 0 Å². The van der Waals surface area contributed by atoms with E-state index in [-0.39, 0.29) is 17.5 Å². The molecule has 2 N–H and O–H groups in total. The van der Waals surface area contributed by atoms with Crippen LogP contribution in [0.25, 0.3) is 16.9 Å². The molecule has 0 spiro atoms. The monoisotopic (exact) mass is 444 g/mol. The number of amides is 1. The largest absolute Gasteiger partial charge is 0.486 e. The van der Waals surface area contributed by atoms with Gasteiger partial charge in [-0.25, -0.2) is 4.52 Å². The topological polar surface area (TPSA) is 97.7 Å². The summed E-state index contributed by atoms with van der Waals surface area (Å²) < 4.78 is 12.6. The fourth-order valence-corrected chi connectivity index (χ4v) is 3.84. The van der Waals surface area contributed by atoms with Crippen LogP contribution in [0.3, 0.4) is 0 Å². The van der Waals surface area contributed by atoms with E-state index in [1.807, 2.05) is 57.2 Å². The quantitative estimate of drug-likeness (QED) is 0.502. The van der Waals surface area contributed by atoms with Gasteiger partial charge in [0.15, 0.2) is 17.3 Å². The van der Waals surface area contributed by atoms with E-state index >= 15 is 0 Å². The number of nitrogens with one attached hydrogen (secondary N) is 2. The first kappa shape index (κ1) is 20.8. The van der Waals surface area contributed by atoms with Crippen LogP contribution in [-0.4, -0.2) is 33.7 Å². The normalized spacial score (nSPS) is 13.7. The Morgan fingerprint density at radius 1 is 1.06 bits per heavy atom. The molecular formula is C25H24N4O4. The van der Waals surface area contributed by atoms with E-state index in [2.05, 4.69) is 15.4 Å². The number of fused-ring (bicyclic) bond motifs is 2. The first-order valence-corrected chi connectivity index (χ1v) is 10.8. The van der Waals surface area contributed by atoms with Gasteiger partial charge in [0, 0.05) is 11.8 Å². The fraction of sp³-hybridized carbons (Fsp3) is 0.240. The summed E-state index contributed by atoms with van der Waals surface area (Å²) in [5, 5.41) is 7.49. The molecular weight excluding hydrogens is 420 g/mol. The minimum atomic E-state index is -0.308. The minimum absolute atomic E-state index is 0.270. The zero-order valence-corrected chi connectivity index (χ0v) is 18.6. The van der Waals surface area contributed by atoms with Gasteiger partial charge in [-0.1, -0.05) is 18.2 Å². The maximum absolute atomic E-state index is 12.9. The lowest BCUT2D eigenvalue weighted by atomic mass is 10.1. The molecule has 4 aromatic rings. The number of ether oxygens (including phenoxy) is 2. The van der Waals surface area contributed by atoms with Crippen molar-refractivity contribution in [3.63, 3.8) is 0 Å². The molecule has 0 radical (unpaired) electrons. The van der Waals surface area contributed by atoms with E-state index < -0.39 is 0 Å². The van der Waals surface area contributed by atoms with Gasteiger partial charge < -0.3 is 19.8 Å². The van der Waals surface area contributed by atoms with Gasteiger partial charge in [0.25, 0.3) is 11.5 Å². The van der Waals surface area contributed by atoms with Crippen LogP contribution in [0.15, 0.2) is 53.5 Å². The van der Waals surface area contributed by atoms with Crippen LogP contribution in [0.4, 0.5) is 0 Å². The highest BCUT2D eigenvalue weighted by molar-refractivity contribution is 5.95. The van der Waals surface area contributed by atoms with Crippen LogP contribution in [-0.2, 0) is 0 Å². The predicted octanol–water partition coefficient (Wildman–Crippen LogP) is 3.57. The highest BCUT2D eigenvalue weighted by Gasteiger charge is 2.18. The molecule has 0 bridgehead atoms. The van der Waals surface area contributed by atoms with Gasteiger partial charge in [0.2, 0.25) is 0 Å². The number of nitrogens with zero attached hydrogens (tertiary/aromatic N) is 2. The summed E-state index contributed by atoms with van der Waals surface area (Å²) in [7, 11) is 0. The molecule has 0 aliphatic carbocycles. The zero-order chi connectivity index (χ0) is 23.1. The smallest absolute Gasteiger partial charge is 0.275 e. The van der Waals surface area contributed by atoms with Crippen molar-refractivity contribution < 1.29 is 14.3 Å². The fourth-order valence-electron chi connectivity index (χ4n) is 3.84. The lowest BCUT2D eigenvalue weighted by molar-refractivity contribution is 0.0939. The Kier molecular flexibility index (Phi) is 5.12. The Hall–Kier alpha value is -4.07. The van der Waals surface area contributed by atoms with E-state index in [1.165, 1.54) is 4.52 Å². The summed E-state index contributed by atoms with van der Waals surface area (Å²) in [6.45, 7) is 6.96. The van der Waals surface area contributed by atoms with Crippen LogP contribution in [0.1, 0.15) is 40.0 Å². The molecule has 1 aliphatic heterocycles. The number of benzene rings is 2. The number of aryl methyl sites for hydroxylation is 2. The summed E-state index contributed by atoms with van der Waals surface area (Å²) in [5.41, 5.74) is 4.32. The molecule has 8 nitrogen and oxygen atoms in total. The van der Waals surface area contributed by atoms with Crippen molar-refractivity contribution in [1.82, 2.24) is 19.9 Å². The molecule has 2 aromatic carbocycles. The van der Waals surface area contributed by atoms with E-state index in [4.69, 9.17) is 9.47 Å². The second-order valence-electron chi connectivity index (χ2n) is 8.26. The van der Waals surface area contributed by atoms with E-state index in [1.54, 1.807) is 12.3 Å². The molecule has 168 valence electrons. The van der Waals surface area contributed by atoms with Crippen molar-refractivity contribution in [2.45, 2.75) is 26.8 Å². The van der Waals surface area contributed by atoms with Crippen molar-refractivity contribution >= 4 is 11.4 Å². The number of H-pyrrole nitrogens is 1. The van der Waals surface area contributed by atoms with E-state index in [0.29, 0.717) is 41.6 Å². The maximum Gasteiger partial charge on any atom is 0.275 e. The summed E-state index contributed by atoms with van der Waals surface area (Å²) in [6, 6.07) is 12.8. The third-order valence-corrected chi connectivity index (χ3v) is 5.93.